The summed E-state index contributed by atoms with van der Waals surface area (Å²) in [7, 11) is 0. The van der Waals surface area contributed by atoms with Crippen molar-refractivity contribution in [1.29, 1.82) is 0 Å². The van der Waals surface area contributed by atoms with Crippen LogP contribution in [0.15, 0.2) is 33.0 Å². The van der Waals surface area contributed by atoms with E-state index in [0.29, 0.717) is 36.9 Å². The van der Waals surface area contributed by atoms with Gasteiger partial charge in [-0.3, -0.25) is 4.79 Å². The molecule has 7 nitrogen and oxygen atoms in total. The van der Waals surface area contributed by atoms with Crippen molar-refractivity contribution in [2.24, 2.45) is 0 Å². The van der Waals surface area contributed by atoms with E-state index in [1.54, 1.807) is 30.5 Å². The average Bonchev–Trinajstić information content (AvgIpc) is 3.16. The zero-order valence-electron chi connectivity index (χ0n) is 11.9. The number of anilines is 1. The van der Waals surface area contributed by atoms with Crippen molar-refractivity contribution in [2.45, 2.75) is 13.0 Å². The molecule has 0 aromatic carbocycles. The molecule has 1 aliphatic heterocycles. The quantitative estimate of drug-likeness (QED) is 0.715. The van der Waals surface area contributed by atoms with Gasteiger partial charge < -0.3 is 14.2 Å². The normalized spacial score (nSPS) is 19.0. The fourth-order valence-corrected chi connectivity index (χ4v) is 3.25. The van der Waals surface area contributed by atoms with Crippen LogP contribution in [-0.4, -0.2) is 34.2 Å². The Balaban J connectivity index is 1.67. The maximum Gasteiger partial charge on any atom is 0.289 e. The fraction of sp³-hybridized carbons (Fsp3) is 0.357. The number of hydrogen-bond donors (Lipinski definition) is 0. The van der Waals surface area contributed by atoms with Crippen LogP contribution < -0.4 is 10.5 Å². The highest BCUT2D eigenvalue weighted by Gasteiger charge is 2.25. The van der Waals surface area contributed by atoms with Crippen molar-refractivity contribution < 1.29 is 9.26 Å². The lowest BCUT2D eigenvalue weighted by Gasteiger charge is -2.32. The first-order valence-electron chi connectivity index (χ1n) is 6.97. The Morgan fingerprint density at radius 2 is 2.32 bits per heavy atom. The first-order chi connectivity index (χ1) is 10.7. The number of hydrogen-bond acceptors (Lipinski definition) is 7. The smallest absolute Gasteiger partial charge is 0.289 e. The second-order valence-corrected chi connectivity index (χ2v) is 6.05. The van der Waals surface area contributed by atoms with Crippen LogP contribution in [0.3, 0.4) is 0 Å². The molecule has 0 unspecified atom stereocenters. The van der Waals surface area contributed by atoms with Gasteiger partial charge >= 0.3 is 0 Å². The third kappa shape index (κ3) is 2.30. The minimum atomic E-state index is -0.217. The van der Waals surface area contributed by atoms with Gasteiger partial charge in [0.05, 0.1) is 13.2 Å². The number of thiazole rings is 1. The molecular formula is C14H14N4O3S. The topological polar surface area (TPSA) is 72.9 Å². The third-order valence-electron chi connectivity index (χ3n) is 3.57. The molecule has 8 heteroatoms. The highest BCUT2D eigenvalue weighted by atomic mass is 32.1. The highest BCUT2D eigenvalue weighted by Crippen LogP contribution is 2.26. The van der Waals surface area contributed by atoms with Gasteiger partial charge in [0.1, 0.15) is 22.7 Å². The number of morpholine rings is 1. The Morgan fingerprint density at radius 3 is 3.14 bits per heavy atom. The van der Waals surface area contributed by atoms with E-state index in [-0.39, 0.29) is 11.7 Å². The number of aromatic nitrogens is 3. The number of rotatable bonds is 2. The standard InChI is InChI=1S/C14H14N4O3S/c1-9-6-12-16-11(7-13(19)18(12)21-9)17-3-4-20-10(8-17)14-15-2-5-22-14/h2,5-7,10H,3-4,8H2,1H3/t10-/m1/s1. The SMILES string of the molecule is Cc1cc2nc(N3CCO[C@@H](c4nccs4)C3)cc(=O)n2o1. The van der Waals surface area contributed by atoms with Crippen molar-refractivity contribution in [3.05, 3.63) is 44.8 Å². The first kappa shape index (κ1) is 13.5. The van der Waals surface area contributed by atoms with E-state index in [1.165, 1.54) is 10.6 Å². The van der Waals surface area contributed by atoms with E-state index in [2.05, 4.69) is 14.9 Å². The summed E-state index contributed by atoms with van der Waals surface area (Å²) in [5, 5.41) is 2.88. The molecule has 0 bridgehead atoms. The zero-order chi connectivity index (χ0) is 15.1. The Labute approximate surface area is 129 Å². The second kappa shape index (κ2) is 5.22. The van der Waals surface area contributed by atoms with Gasteiger partial charge in [0.15, 0.2) is 5.65 Å². The molecule has 114 valence electrons. The summed E-state index contributed by atoms with van der Waals surface area (Å²) >= 11 is 1.57. The molecule has 1 aliphatic rings. The Morgan fingerprint density at radius 1 is 1.41 bits per heavy atom. The Kier molecular flexibility index (Phi) is 3.20. The van der Waals surface area contributed by atoms with Gasteiger partial charge in [-0.1, -0.05) is 0 Å². The number of ether oxygens (including phenoxy) is 1. The lowest BCUT2D eigenvalue weighted by molar-refractivity contribution is 0.0393. The maximum atomic E-state index is 12.1. The summed E-state index contributed by atoms with van der Waals surface area (Å²) in [5.41, 5.74) is 0.308. The van der Waals surface area contributed by atoms with E-state index in [0.717, 1.165) is 5.01 Å². The molecule has 1 saturated heterocycles. The lowest BCUT2D eigenvalue weighted by Crippen LogP contribution is -2.39. The van der Waals surface area contributed by atoms with Crippen molar-refractivity contribution in [3.63, 3.8) is 0 Å². The van der Waals surface area contributed by atoms with Crippen LogP contribution in [0, 0.1) is 6.92 Å². The highest BCUT2D eigenvalue weighted by molar-refractivity contribution is 7.09. The van der Waals surface area contributed by atoms with Crippen molar-refractivity contribution in [2.75, 3.05) is 24.6 Å². The van der Waals surface area contributed by atoms with E-state index in [9.17, 15) is 4.79 Å². The monoisotopic (exact) mass is 318 g/mol. The van der Waals surface area contributed by atoms with Crippen LogP contribution >= 0.6 is 11.3 Å². The molecule has 0 saturated carbocycles. The third-order valence-corrected chi connectivity index (χ3v) is 4.44. The van der Waals surface area contributed by atoms with Crippen LogP contribution in [0.4, 0.5) is 5.82 Å². The predicted octanol–water partition coefficient (Wildman–Crippen LogP) is 1.63. The minimum absolute atomic E-state index is 0.0833. The van der Waals surface area contributed by atoms with Gasteiger partial charge in [0.25, 0.3) is 5.56 Å². The van der Waals surface area contributed by atoms with Gasteiger partial charge in [-0.15, -0.1) is 15.9 Å². The fourth-order valence-electron chi connectivity index (χ4n) is 2.57. The summed E-state index contributed by atoms with van der Waals surface area (Å²) < 4.78 is 12.3. The van der Waals surface area contributed by atoms with Gasteiger partial charge in [-0.05, 0) is 6.92 Å². The molecular weight excluding hydrogens is 304 g/mol. The Hall–Kier alpha value is -2.19. The molecule has 4 rings (SSSR count). The average molecular weight is 318 g/mol. The molecule has 4 heterocycles. The van der Waals surface area contributed by atoms with E-state index < -0.39 is 0 Å². The number of aryl methyl sites for hydroxylation is 1. The second-order valence-electron chi connectivity index (χ2n) is 5.13. The lowest BCUT2D eigenvalue weighted by atomic mass is 10.3. The van der Waals surface area contributed by atoms with Crippen LogP contribution in [0.5, 0.6) is 0 Å². The zero-order valence-corrected chi connectivity index (χ0v) is 12.7. The summed E-state index contributed by atoms with van der Waals surface area (Å²) in [6.07, 6.45) is 1.69. The molecule has 1 fully saturated rings. The summed E-state index contributed by atoms with van der Waals surface area (Å²) in [5.74, 6) is 1.31. The molecule has 3 aromatic rings. The molecule has 0 N–H and O–H groups in total. The van der Waals surface area contributed by atoms with Crippen LogP contribution in [0.25, 0.3) is 5.65 Å². The predicted molar refractivity (Wildman–Crippen MR) is 81.5 cm³/mol. The molecule has 0 amide bonds. The van der Waals surface area contributed by atoms with Gasteiger partial charge in [-0.2, -0.15) is 0 Å². The number of fused-ring (bicyclic) bond motifs is 1. The maximum absolute atomic E-state index is 12.1. The molecule has 1 atom stereocenters. The van der Waals surface area contributed by atoms with Crippen molar-refractivity contribution in [3.8, 4) is 0 Å². The first-order valence-corrected chi connectivity index (χ1v) is 7.85. The van der Waals surface area contributed by atoms with Gasteiger partial charge in [0.2, 0.25) is 0 Å². The Bertz CT molecular complexity index is 855. The van der Waals surface area contributed by atoms with E-state index in [4.69, 9.17) is 9.26 Å². The van der Waals surface area contributed by atoms with Crippen LogP contribution in [-0.2, 0) is 4.74 Å². The van der Waals surface area contributed by atoms with Crippen LogP contribution in [0.2, 0.25) is 0 Å². The summed E-state index contributed by atoms with van der Waals surface area (Å²) in [6, 6.07) is 3.25. The largest absolute Gasteiger partial charge is 0.375 e. The van der Waals surface area contributed by atoms with Crippen molar-refractivity contribution in [1.82, 2.24) is 14.5 Å². The molecule has 3 aromatic heterocycles. The molecule has 0 spiro atoms. The van der Waals surface area contributed by atoms with E-state index >= 15 is 0 Å². The van der Waals surface area contributed by atoms with Crippen molar-refractivity contribution >= 4 is 22.8 Å². The minimum Gasteiger partial charge on any atom is -0.375 e. The van der Waals surface area contributed by atoms with Gasteiger partial charge in [-0.25, -0.2) is 9.97 Å². The molecule has 0 radical (unpaired) electrons. The van der Waals surface area contributed by atoms with Gasteiger partial charge in [0, 0.05) is 30.3 Å². The summed E-state index contributed by atoms with van der Waals surface area (Å²) in [4.78, 5) is 23.0. The molecule has 22 heavy (non-hydrogen) atoms. The van der Waals surface area contributed by atoms with Crippen LogP contribution in [0.1, 0.15) is 16.9 Å². The van der Waals surface area contributed by atoms with E-state index in [1.807, 2.05) is 5.38 Å². The summed E-state index contributed by atoms with van der Waals surface area (Å²) in [6.45, 7) is 3.70. The molecule has 0 aliphatic carbocycles. The number of nitrogens with zero attached hydrogens (tertiary/aromatic N) is 4.